The molecule has 0 amide bonds. The number of sulfonamides is 1. The first kappa shape index (κ1) is 17.8. The minimum Gasteiger partial charge on any atom is -0.374 e. The quantitative estimate of drug-likeness (QED) is 0.747. The normalized spacial score (nSPS) is 14.6. The number of rotatable bonds is 4. The molecule has 142 valence electrons. The number of nitrogens with zero attached hydrogens (tertiary/aromatic N) is 4. The lowest BCUT2D eigenvalue weighted by Crippen LogP contribution is -2.25. The molecule has 0 unspecified atom stereocenters. The number of nitrogens with one attached hydrogen (secondary N) is 1. The van der Waals surface area contributed by atoms with Crippen LogP contribution in [0.25, 0.3) is 5.65 Å². The van der Waals surface area contributed by atoms with Gasteiger partial charge in [0, 0.05) is 31.4 Å². The number of aryl methyl sites for hydroxylation is 1. The lowest BCUT2D eigenvalue weighted by molar-refractivity contribution is 0.601. The van der Waals surface area contributed by atoms with Gasteiger partial charge in [0.1, 0.15) is 5.82 Å². The molecule has 0 atom stereocenters. The van der Waals surface area contributed by atoms with Gasteiger partial charge in [-0.1, -0.05) is 19.9 Å². The van der Waals surface area contributed by atoms with Crippen LogP contribution in [0.4, 0.5) is 11.4 Å². The molecule has 4 rings (SSSR count). The van der Waals surface area contributed by atoms with Gasteiger partial charge >= 0.3 is 0 Å². The van der Waals surface area contributed by atoms with Gasteiger partial charge in [-0.3, -0.25) is 9.12 Å². The van der Waals surface area contributed by atoms with E-state index in [-0.39, 0.29) is 10.8 Å². The SMILES string of the molecule is CC(C)c1nnc2ccc(NS(=O)(=O)c3ccc4c(c3)N(C)CCC4)cn12. The molecule has 0 saturated carbocycles. The zero-order chi connectivity index (χ0) is 19.2. The fraction of sp³-hybridized carbons (Fsp3) is 0.368. The Morgan fingerprint density at radius 2 is 1.96 bits per heavy atom. The molecular weight excluding hydrogens is 362 g/mol. The molecule has 3 aromatic rings. The van der Waals surface area contributed by atoms with Crippen LogP contribution in [0, 0.1) is 0 Å². The Morgan fingerprint density at radius 1 is 1.15 bits per heavy atom. The summed E-state index contributed by atoms with van der Waals surface area (Å²) in [6, 6.07) is 8.82. The molecule has 1 N–H and O–H groups in total. The van der Waals surface area contributed by atoms with Crippen LogP contribution in [0.15, 0.2) is 41.4 Å². The Hall–Kier alpha value is -2.61. The fourth-order valence-corrected chi connectivity index (χ4v) is 4.54. The van der Waals surface area contributed by atoms with Gasteiger partial charge in [-0.15, -0.1) is 10.2 Å². The third-order valence-corrected chi connectivity index (χ3v) is 6.29. The third-order valence-electron chi connectivity index (χ3n) is 4.92. The summed E-state index contributed by atoms with van der Waals surface area (Å²) >= 11 is 0. The average molecular weight is 385 g/mol. The summed E-state index contributed by atoms with van der Waals surface area (Å²) in [5, 5.41) is 8.30. The first-order valence-corrected chi connectivity index (χ1v) is 10.5. The number of aromatic nitrogens is 3. The molecule has 0 radical (unpaired) electrons. The maximum absolute atomic E-state index is 12.9. The molecule has 0 spiro atoms. The van der Waals surface area contributed by atoms with Gasteiger partial charge in [0.2, 0.25) is 0 Å². The number of benzene rings is 1. The zero-order valence-corrected chi connectivity index (χ0v) is 16.5. The summed E-state index contributed by atoms with van der Waals surface area (Å²) in [4.78, 5) is 2.37. The maximum Gasteiger partial charge on any atom is 0.262 e. The van der Waals surface area contributed by atoms with Crippen LogP contribution in [-0.2, 0) is 16.4 Å². The molecule has 2 aromatic heterocycles. The van der Waals surface area contributed by atoms with E-state index in [1.807, 2.05) is 31.4 Å². The molecule has 1 aromatic carbocycles. The standard InChI is InChI=1S/C19H23N5O2S/c1-13(2)19-21-20-18-9-7-15(12-24(18)19)22-27(25,26)16-8-6-14-5-4-10-23(3)17(14)11-16/h6-9,11-13,22H,4-5,10H2,1-3H3. The number of fused-ring (bicyclic) bond motifs is 2. The van der Waals surface area contributed by atoms with E-state index in [9.17, 15) is 8.42 Å². The van der Waals surface area contributed by atoms with Crippen molar-refractivity contribution >= 4 is 27.0 Å². The Kier molecular flexibility index (Phi) is 4.30. The largest absolute Gasteiger partial charge is 0.374 e. The molecule has 1 aliphatic rings. The second-order valence-corrected chi connectivity index (χ2v) is 8.96. The second kappa shape index (κ2) is 6.53. The highest BCUT2D eigenvalue weighted by molar-refractivity contribution is 7.92. The molecule has 0 aliphatic carbocycles. The summed E-state index contributed by atoms with van der Waals surface area (Å²) in [6.07, 6.45) is 3.80. The van der Waals surface area contributed by atoms with E-state index in [1.54, 1.807) is 30.5 Å². The van der Waals surface area contributed by atoms with Gasteiger partial charge in [0.05, 0.1) is 10.6 Å². The summed E-state index contributed by atoms with van der Waals surface area (Å²) in [5.74, 6) is 0.976. The highest BCUT2D eigenvalue weighted by atomic mass is 32.2. The molecule has 27 heavy (non-hydrogen) atoms. The Bertz CT molecular complexity index is 1100. The van der Waals surface area contributed by atoms with Crippen molar-refractivity contribution in [2.24, 2.45) is 0 Å². The van der Waals surface area contributed by atoms with Crippen LogP contribution in [0.3, 0.4) is 0 Å². The van der Waals surface area contributed by atoms with Crippen LogP contribution in [-0.4, -0.2) is 36.6 Å². The minimum absolute atomic E-state index is 0.183. The van der Waals surface area contributed by atoms with Crippen LogP contribution >= 0.6 is 0 Å². The topological polar surface area (TPSA) is 79.6 Å². The predicted molar refractivity (Wildman–Crippen MR) is 106 cm³/mol. The molecule has 0 fully saturated rings. The van der Waals surface area contributed by atoms with Crippen LogP contribution in [0.5, 0.6) is 0 Å². The predicted octanol–water partition coefficient (Wildman–Crippen LogP) is 3.04. The lowest BCUT2D eigenvalue weighted by atomic mass is 10.0. The van der Waals surface area contributed by atoms with Crippen molar-refractivity contribution in [1.29, 1.82) is 0 Å². The van der Waals surface area contributed by atoms with E-state index in [2.05, 4.69) is 19.8 Å². The van der Waals surface area contributed by atoms with Crippen molar-refractivity contribution in [3.05, 3.63) is 47.9 Å². The molecule has 0 bridgehead atoms. The van der Waals surface area contributed by atoms with Crippen LogP contribution in [0.1, 0.15) is 37.6 Å². The Balaban J connectivity index is 1.68. The Labute approximate surface area is 159 Å². The van der Waals surface area contributed by atoms with Gasteiger partial charge in [-0.25, -0.2) is 8.42 Å². The third kappa shape index (κ3) is 3.25. The highest BCUT2D eigenvalue weighted by Crippen LogP contribution is 2.29. The average Bonchev–Trinajstić information content (AvgIpc) is 3.05. The fourth-order valence-electron chi connectivity index (χ4n) is 3.48. The van der Waals surface area contributed by atoms with Gasteiger partial charge in [0.15, 0.2) is 5.65 Å². The van der Waals surface area contributed by atoms with Gasteiger partial charge in [-0.05, 0) is 42.7 Å². The summed E-state index contributed by atoms with van der Waals surface area (Å²) in [7, 11) is -1.69. The van der Waals surface area contributed by atoms with E-state index in [1.165, 1.54) is 5.56 Å². The molecular formula is C19H23N5O2S. The summed E-state index contributed by atoms with van der Waals surface area (Å²) < 4.78 is 30.3. The van der Waals surface area contributed by atoms with Crippen LogP contribution in [0.2, 0.25) is 0 Å². The Morgan fingerprint density at radius 3 is 2.74 bits per heavy atom. The van der Waals surface area contributed by atoms with Crippen molar-refractivity contribution in [2.45, 2.75) is 37.5 Å². The first-order valence-electron chi connectivity index (χ1n) is 9.07. The first-order chi connectivity index (χ1) is 12.8. The van der Waals surface area contributed by atoms with Crippen molar-refractivity contribution < 1.29 is 8.42 Å². The van der Waals surface area contributed by atoms with Crippen molar-refractivity contribution in [3.63, 3.8) is 0 Å². The van der Waals surface area contributed by atoms with Gasteiger partial charge in [0.25, 0.3) is 10.0 Å². The molecule has 8 heteroatoms. The molecule has 0 saturated heterocycles. The minimum atomic E-state index is -3.69. The van der Waals surface area contributed by atoms with Crippen molar-refractivity contribution in [2.75, 3.05) is 23.2 Å². The van der Waals surface area contributed by atoms with Gasteiger partial charge in [-0.2, -0.15) is 0 Å². The van der Waals surface area contributed by atoms with E-state index >= 15 is 0 Å². The molecule has 3 heterocycles. The smallest absolute Gasteiger partial charge is 0.262 e. The number of hydrogen-bond acceptors (Lipinski definition) is 5. The van der Waals surface area contributed by atoms with E-state index in [0.29, 0.717) is 11.3 Å². The van der Waals surface area contributed by atoms with Gasteiger partial charge < -0.3 is 4.90 Å². The van der Waals surface area contributed by atoms with E-state index in [4.69, 9.17) is 0 Å². The number of pyridine rings is 1. The van der Waals surface area contributed by atoms with E-state index in [0.717, 1.165) is 30.9 Å². The zero-order valence-electron chi connectivity index (χ0n) is 15.7. The number of hydrogen-bond donors (Lipinski definition) is 1. The second-order valence-electron chi connectivity index (χ2n) is 7.28. The van der Waals surface area contributed by atoms with Crippen LogP contribution < -0.4 is 9.62 Å². The lowest BCUT2D eigenvalue weighted by Gasteiger charge is -2.27. The summed E-state index contributed by atoms with van der Waals surface area (Å²) in [6.45, 7) is 4.99. The number of anilines is 2. The maximum atomic E-state index is 12.9. The van der Waals surface area contributed by atoms with E-state index < -0.39 is 10.0 Å². The molecule has 7 nitrogen and oxygen atoms in total. The highest BCUT2D eigenvalue weighted by Gasteiger charge is 2.20. The molecule has 1 aliphatic heterocycles. The van der Waals surface area contributed by atoms with Crippen molar-refractivity contribution in [1.82, 2.24) is 14.6 Å². The summed E-state index contributed by atoms with van der Waals surface area (Å²) in [5.41, 5.74) is 3.35. The van der Waals surface area contributed by atoms with Crippen molar-refractivity contribution in [3.8, 4) is 0 Å². The monoisotopic (exact) mass is 385 g/mol.